The second-order valence-corrected chi connectivity index (χ2v) is 6.18. The molecule has 0 radical (unpaired) electrons. The van der Waals surface area contributed by atoms with Crippen molar-refractivity contribution in [3.8, 4) is 0 Å². The summed E-state index contributed by atoms with van der Waals surface area (Å²) in [4.78, 5) is 14.1. The molecule has 19 heavy (non-hydrogen) atoms. The van der Waals surface area contributed by atoms with Crippen LogP contribution in [-0.2, 0) is 4.79 Å². The molecular formula is C15H28N2O2. The van der Waals surface area contributed by atoms with E-state index in [1.165, 1.54) is 12.8 Å². The van der Waals surface area contributed by atoms with Crippen LogP contribution in [0.3, 0.4) is 0 Å². The van der Waals surface area contributed by atoms with Crippen LogP contribution in [0.1, 0.15) is 51.4 Å². The third kappa shape index (κ3) is 4.18. The van der Waals surface area contributed by atoms with Crippen LogP contribution >= 0.6 is 0 Å². The Kier molecular flexibility index (Phi) is 5.64. The maximum absolute atomic E-state index is 12.0. The molecule has 1 aliphatic carbocycles. The van der Waals surface area contributed by atoms with Gasteiger partial charge in [0.05, 0.1) is 12.1 Å². The third-order valence-electron chi connectivity index (χ3n) is 4.74. The van der Waals surface area contributed by atoms with Crippen LogP contribution in [-0.4, -0.2) is 48.2 Å². The van der Waals surface area contributed by atoms with Crippen LogP contribution in [0.15, 0.2) is 0 Å². The lowest BCUT2D eigenvalue weighted by Crippen LogP contribution is -2.41. The second-order valence-electron chi connectivity index (χ2n) is 6.18. The Morgan fingerprint density at radius 3 is 2.74 bits per heavy atom. The van der Waals surface area contributed by atoms with E-state index >= 15 is 0 Å². The number of carbonyl (C=O) groups excluding carboxylic acids is 1. The van der Waals surface area contributed by atoms with E-state index in [1.807, 2.05) is 7.05 Å². The van der Waals surface area contributed by atoms with Gasteiger partial charge in [-0.2, -0.15) is 0 Å². The zero-order valence-corrected chi connectivity index (χ0v) is 12.1. The minimum atomic E-state index is -0.106. The summed E-state index contributed by atoms with van der Waals surface area (Å²) in [5, 5.41) is 12.9. The first-order chi connectivity index (χ1) is 9.18. The molecule has 2 fully saturated rings. The standard InChI is InChI=1S/C15H28N2O2/c1-17-11-5-8-13(17)15(19)16-10-4-7-12-6-2-3-9-14(12)18/h12-14,18H,2-11H2,1H3,(H,16,19)/t12-,13-,14+/m1/s1. The average Bonchev–Trinajstić information content (AvgIpc) is 2.82. The molecule has 0 aromatic rings. The van der Waals surface area contributed by atoms with E-state index in [0.29, 0.717) is 5.92 Å². The number of likely N-dealkylation sites (tertiary alicyclic amines) is 1. The van der Waals surface area contributed by atoms with Crippen LogP contribution < -0.4 is 5.32 Å². The van der Waals surface area contributed by atoms with Gasteiger partial charge in [0.2, 0.25) is 5.91 Å². The topological polar surface area (TPSA) is 52.6 Å². The Hall–Kier alpha value is -0.610. The Morgan fingerprint density at radius 1 is 1.26 bits per heavy atom. The van der Waals surface area contributed by atoms with E-state index in [1.54, 1.807) is 0 Å². The van der Waals surface area contributed by atoms with Crippen molar-refractivity contribution in [1.82, 2.24) is 10.2 Å². The normalized spacial score (nSPS) is 32.4. The van der Waals surface area contributed by atoms with Gasteiger partial charge in [-0.3, -0.25) is 9.69 Å². The number of carbonyl (C=O) groups is 1. The van der Waals surface area contributed by atoms with E-state index in [4.69, 9.17) is 0 Å². The van der Waals surface area contributed by atoms with Crippen LogP contribution in [0.25, 0.3) is 0 Å². The van der Waals surface area contributed by atoms with E-state index in [0.717, 1.165) is 51.6 Å². The van der Waals surface area contributed by atoms with Gasteiger partial charge in [0.1, 0.15) is 0 Å². The zero-order valence-electron chi connectivity index (χ0n) is 12.1. The van der Waals surface area contributed by atoms with Crippen molar-refractivity contribution in [2.45, 2.75) is 63.5 Å². The molecule has 2 rings (SSSR count). The van der Waals surface area contributed by atoms with Gasteiger partial charge >= 0.3 is 0 Å². The van der Waals surface area contributed by atoms with Crippen LogP contribution in [0.4, 0.5) is 0 Å². The summed E-state index contributed by atoms with van der Waals surface area (Å²) in [6, 6.07) is 0.0836. The molecule has 0 spiro atoms. The van der Waals surface area contributed by atoms with Gasteiger partial charge in [-0.1, -0.05) is 12.8 Å². The fourth-order valence-corrected chi connectivity index (χ4v) is 3.46. The van der Waals surface area contributed by atoms with Gasteiger partial charge in [-0.15, -0.1) is 0 Å². The molecular weight excluding hydrogens is 240 g/mol. The molecule has 0 aromatic heterocycles. The molecule has 0 aromatic carbocycles. The number of likely N-dealkylation sites (N-methyl/N-ethyl adjacent to an activating group) is 1. The van der Waals surface area contributed by atoms with E-state index in [-0.39, 0.29) is 18.1 Å². The van der Waals surface area contributed by atoms with Gasteiger partial charge in [0.25, 0.3) is 0 Å². The van der Waals surface area contributed by atoms with E-state index < -0.39 is 0 Å². The summed E-state index contributed by atoms with van der Waals surface area (Å²) in [6.07, 6.45) is 8.58. The van der Waals surface area contributed by atoms with Crippen molar-refractivity contribution >= 4 is 5.91 Å². The number of hydrogen-bond donors (Lipinski definition) is 2. The number of hydrogen-bond acceptors (Lipinski definition) is 3. The largest absolute Gasteiger partial charge is 0.393 e. The van der Waals surface area contributed by atoms with E-state index in [9.17, 15) is 9.90 Å². The Bertz CT molecular complexity index is 296. The van der Waals surface area contributed by atoms with Crippen LogP contribution in [0, 0.1) is 5.92 Å². The summed E-state index contributed by atoms with van der Waals surface area (Å²) in [6.45, 7) is 1.79. The fourth-order valence-electron chi connectivity index (χ4n) is 3.46. The molecule has 1 aliphatic heterocycles. The first-order valence-corrected chi connectivity index (χ1v) is 7.84. The molecule has 2 N–H and O–H groups in total. The predicted octanol–water partition coefficient (Wildman–Crippen LogP) is 1.53. The van der Waals surface area contributed by atoms with Gasteiger partial charge in [0.15, 0.2) is 0 Å². The molecule has 2 aliphatic rings. The summed E-state index contributed by atoms with van der Waals surface area (Å²) < 4.78 is 0. The monoisotopic (exact) mass is 268 g/mol. The molecule has 1 saturated carbocycles. The summed E-state index contributed by atoms with van der Waals surface area (Å²) in [7, 11) is 2.02. The molecule has 4 nitrogen and oxygen atoms in total. The van der Waals surface area contributed by atoms with Crippen molar-refractivity contribution in [3.63, 3.8) is 0 Å². The maximum atomic E-state index is 12.0. The van der Waals surface area contributed by atoms with Crippen LogP contribution in [0.2, 0.25) is 0 Å². The first-order valence-electron chi connectivity index (χ1n) is 7.84. The fraction of sp³-hybridized carbons (Fsp3) is 0.933. The smallest absolute Gasteiger partial charge is 0.237 e. The second kappa shape index (κ2) is 7.25. The van der Waals surface area contributed by atoms with Gasteiger partial charge < -0.3 is 10.4 Å². The van der Waals surface area contributed by atoms with Gasteiger partial charge in [-0.05, 0) is 58.0 Å². The third-order valence-corrected chi connectivity index (χ3v) is 4.74. The highest BCUT2D eigenvalue weighted by Crippen LogP contribution is 2.27. The van der Waals surface area contributed by atoms with Crippen LogP contribution in [0.5, 0.6) is 0 Å². The summed E-state index contributed by atoms with van der Waals surface area (Å²) >= 11 is 0. The minimum absolute atomic E-state index is 0.0836. The molecule has 110 valence electrons. The molecule has 1 saturated heterocycles. The van der Waals surface area contributed by atoms with Crippen molar-refractivity contribution in [2.75, 3.05) is 20.1 Å². The highest BCUT2D eigenvalue weighted by atomic mass is 16.3. The highest BCUT2D eigenvalue weighted by Gasteiger charge is 2.27. The zero-order chi connectivity index (χ0) is 13.7. The molecule has 0 bridgehead atoms. The maximum Gasteiger partial charge on any atom is 0.237 e. The molecule has 1 amide bonds. The lowest BCUT2D eigenvalue weighted by molar-refractivity contribution is -0.125. The summed E-state index contributed by atoms with van der Waals surface area (Å²) in [5.74, 6) is 0.643. The first kappa shape index (κ1) is 14.8. The Balaban J connectivity index is 1.59. The molecule has 0 unspecified atom stereocenters. The molecule has 3 atom stereocenters. The number of rotatable bonds is 5. The minimum Gasteiger partial charge on any atom is -0.393 e. The van der Waals surface area contributed by atoms with Crippen molar-refractivity contribution in [3.05, 3.63) is 0 Å². The number of nitrogens with zero attached hydrogens (tertiary/aromatic N) is 1. The van der Waals surface area contributed by atoms with Crippen molar-refractivity contribution in [2.24, 2.45) is 5.92 Å². The lowest BCUT2D eigenvalue weighted by Gasteiger charge is -2.27. The lowest BCUT2D eigenvalue weighted by atomic mass is 9.83. The summed E-state index contributed by atoms with van der Waals surface area (Å²) in [5.41, 5.74) is 0. The SMILES string of the molecule is CN1CCC[C@@H]1C(=O)NCCC[C@H]1CCCC[C@@H]1O. The number of aliphatic hydroxyl groups is 1. The quantitative estimate of drug-likeness (QED) is 0.744. The predicted molar refractivity (Wildman–Crippen MR) is 75.9 cm³/mol. The number of aliphatic hydroxyl groups excluding tert-OH is 1. The molecule has 4 heteroatoms. The van der Waals surface area contributed by atoms with Crippen molar-refractivity contribution < 1.29 is 9.90 Å². The van der Waals surface area contributed by atoms with Crippen molar-refractivity contribution in [1.29, 1.82) is 0 Å². The molecule has 1 heterocycles. The van der Waals surface area contributed by atoms with Gasteiger partial charge in [-0.25, -0.2) is 0 Å². The Morgan fingerprint density at radius 2 is 2.05 bits per heavy atom. The number of nitrogens with one attached hydrogen (secondary N) is 1. The highest BCUT2D eigenvalue weighted by molar-refractivity contribution is 5.81. The Labute approximate surface area is 116 Å². The number of amides is 1. The van der Waals surface area contributed by atoms with Gasteiger partial charge in [0, 0.05) is 6.54 Å². The average molecular weight is 268 g/mol. The van der Waals surface area contributed by atoms with E-state index in [2.05, 4.69) is 10.2 Å².